The number of nitrogens with two attached hydrogens (primary N) is 1. The number of furan rings is 1. The molecule has 0 spiro atoms. The molecule has 4 atom stereocenters. The molecule has 0 saturated heterocycles. The molecule has 3 aliphatic rings. The number of carbonyl (C=O) groups is 3. The number of Topliss-reactive ketones (excluding diaryl/α,β-unsaturated/α-hetero) is 2. The van der Waals surface area contributed by atoms with E-state index in [0.717, 1.165) is 0 Å². The fourth-order valence-corrected chi connectivity index (χ4v) is 6.40. The Balaban J connectivity index is 1.66. The van der Waals surface area contributed by atoms with Crippen molar-refractivity contribution >= 4 is 23.2 Å². The van der Waals surface area contributed by atoms with E-state index in [4.69, 9.17) is 10.2 Å². The number of nitrogens with one attached hydrogen (secondary N) is 1. The van der Waals surface area contributed by atoms with Gasteiger partial charge in [0, 0.05) is 23.1 Å². The van der Waals surface area contributed by atoms with E-state index in [-0.39, 0.29) is 35.8 Å². The number of primary amides is 1. The number of benzene rings is 1. The van der Waals surface area contributed by atoms with E-state index in [2.05, 4.69) is 5.32 Å². The second kappa shape index (κ2) is 9.61. The van der Waals surface area contributed by atoms with Gasteiger partial charge in [0.2, 0.25) is 5.78 Å². The Bertz CT molecular complexity index is 1500. The number of amides is 1. The van der Waals surface area contributed by atoms with Crippen LogP contribution >= 0.6 is 0 Å². The Labute approximate surface area is 230 Å². The first-order valence-corrected chi connectivity index (χ1v) is 13.1. The largest absolute Gasteiger partial charge is 0.508 e. The zero-order valence-corrected chi connectivity index (χ0v) is 22.7. The lowest BCUT2D eigenvalue weighted by Gasteiger charge is -2.50. The zero-order valence-electron chi connectivity index (χ0n) is 22.7. The van der Waals surface area contributed by atoms with E-state index in [0.29, 0.717) is 29.2 Å². The van der Waals surface area contributed by atoms with Crippen molar-refractivity contribution in [2.75, 3.05) is 14.1 Å². The Kier molecular flexibility index (Phi) is 6.64. The van der Waals surface area contributed by atoms with Crippen molar-refractivity contribution in [3.05, 3.63) is 58.1 Å². The third-order valence-electron chi connectivity index (χ3n) is 8.22. The summed E-state index contributed by atoms with van der Waals surface area (Å²) in [5.74, 6) is -5.63. The number of likely N-dealkylation sites (N-methyl/N-ethyl adjacent to an activating group) is 1. The van der Waals surface area contributed by atoms with Gasteiger partial charge in [-0.1, -0.05) is 13.8 Å². The minimum Gasteiger partial charge on any atom is -0.508 e. The molecule has 11 heteroatoms. The fourth-order valence-electron chi connectivity index (χ4n) is 6.40. The molecule has 0 aliphatic heterocycles. The molecule has 1 saturated carbocycles. The second-order valence-electron chi connectivity index (χ2n) is 11.2. The molecule has 3 aliphatic carbocycles. The van der Waals surface area contributed by atoms with E-state index in [9.17, 15) is 34.8 Å². The highest BCUT2D eigenvalue weighted by molar-refractivity contribution is 6.24. The number of nitrogens with zero attached hydrogens (tertiary/aromatic N) is 1. The summed E-state index contributed by atoms with van der Waals surface area (Å²) in [4.78, 5) is 40.7. The molecule has 212 valence electrons. The van der Waals surface area contributed by atoms with Crippen molar-refractivity contribution in [1.82, 2.24) is 10.2 Å². The molecular formula is C29H33N3O8. The number of fused-ring (bicyclic) bond motifs is 3. The maximum Gasteiger partial charge on any atom is 0.255 e. The van der Waals surface area contributed by atoms with Crippen LogP contribution in [-0.4, -0.2) is 74.6 Å². The lowest BCUT2D eigenvalue weighted by Crippen LogP contribution is -2.65. The van der Waals surface area contributed by atoms with Crippen LogP contribution in [0.1, 0.15) is 37.2 Å². The normalized spacial score (nSPS) is 26.3. The quantitative estimate of drug-likeness (QED) is 0.289. The van der Waals surface area contributed by atoms with Gasteiger partial charge in [-0.05, 0) is 62.7 Å². The van der Waals surface area contributed by atoms with Crippen molar-refractivity contribution in [3.63, 3.8) is 0 Å². The van der Waals surface area contributed by atoms with Crippen LogP contribution in [0.15, 0.2) is 45.6 Å². The van der Waals surface area contributed by atoms with Gasteiger partial charge in [0.25, 0.3) is 5.91 Å². The maximum absolute atomic E-state index is 13.9. The molecule has 0 unspecified atom stereocenters. The summed E-state index contributed by atoms with van der Waals surface area (Å²) in [7, 11) is 3.12. The molecule has 40 heavy (non-hydrogen) atoms. The minimum absolute atomic E-state index is 0.0164. The summed E-state index contributed by atoms with van der Waals surface area (Å²) in [6.07, 6.45) is 0.196. The number of rotatable bonds is 6. The first-order valence-electron chi connectivity index (χ1n) is 13.1. The summed E-state index contributed by atoms with van der Waals surface area (Å²) in [5.41, 5.74) is 2.84. The van der Waals surface area contributed by atoms with Crippen LogP contribution in [0.2, 0.25) is 0 Å². The first-order chi connectivity index (χ1) is 18.8. The standard InChI is InChI=1S/C29H33N3O8/c1-12(2)31-11-14-5-8-19(40-14)15-6-7-18(33)21-16(15)9-13-10-17-23(32(3)4)25(35)22(28(30)38)27(37)29(17,39)26(36)20(13)24(21)34/h5-8,12-13,17,23,31,33-34,37,39H,9-11H2,1-4H3,(H2,30,38)/t13-,17-,23-,29-/m1/s1. The van der Waals surface area contributed by atoms with Gasteiger partial charge in [0.15, 0.2) is 11.4 Å². The summed E-state index contributed by atoms with van der Waals surface area (Å²) >= 11 is 0. The van der Waals surface area contributed by atoms with E-state index in [1.54, 1.807) is 26.2 Å². The van der Waals surface area contributed by atoms with Crippen molar-refractivity contribution in [2.24, 2.45) is 17.6 Å². The molecule has 1 aromatic heterocycles. The van der Waals surface area contributed by atoms with Crippen LogP contribution in [0.5, 0.6) is 5.75 Å². The van der Waals surface area contributed by atoms with E-state index < -0.39 is 58.0 Å². The summed E-state index contributed by atoms with van der Waals surface area (Å²) in [6, 6.07) is 5.80. The Hall–Kier alpha value is -3.93. The molecule has 0 bridgehead atoms. The van der Waals surface area contributed by atoms with E-state index >= 15 is 0 Å². The van der Waals surface area contributed by atoms with Crippen LogP contribution < -0.4 is 11.1 Å². The van der Waals surface area contributed by atoms with Crippen LogP contribution in [0.4, 0.5) is 0 Å². The minimum atomic E-state index is -2.67. The second-order valence-corrected chi connectivity index (χ2v) is 11.2. The Morgan fingerprint density at radius 1 is 1.18 bits per heavy atom. The van der Waals surface area contributed by atoms with Crippen molar-refractivity contribution in [2.45, 2.75) is 50.9 Å². The SMILES string of the molecule is CC(C)NCc1ccc(-c2ccc(O)c3c2C[C@@H]2C[C@@H]4[C@@H](N(C)C)C(=O)C(C(N)=O)=C(O)[C@]4(O)C(=O)C2=C3O)o1. The average Bonchev–Trinajstić information content (AvgIpc) is 3.33. The first kappa shape index (κ1) is 27.6. The van der Waals surface area contributed by atoms with Gasteiger partial charge < -0.3 is 35.9 Å². The third-order valence-corrected chi connectivity index (χ3v) is 8.22. The number of phenols is 1. The number of hydrogen-bond acceptors (Lipinski definition) is 10. The molecule has 1 amide bonds. The van der Waals surface area contributed by atoms with Gasteiger partial charge in [0.1, 0.15) is 34.4 Å². The van der Waals surface area contributed by atoms with Gasteiger partial charge in [-0.15, -0.1) is 0 Å². The van der Waals surface area contributed by atoms with Gasteiger partial charge in [0.05, 0.1) is 18.2 Å². The third kappa shape index (κ3) is 3.95. The maximum atomic E-state index is 13.9. The number of aliphatic hydroxyl groups excluding tert-OH is 2. The predicted molar refractivity (Wildman–Crippen MR) is 144 cm³/mol. The van der Waals surface area contributed by atoms with Gasteiger partial charge in [-0.25, -0.2) is 0 Å². The van der Waals surface area contributed by atoms with E-state index in [1.165, 1.54) is 11.0 Å². The molecule has 1 aromatic carbocycles. The summed E-state index contributed by atoms with van der Waals surface area (Å²) < 4.78 is 6.05. The molecular weight excluding hydrogens is 518 g/mol. The van der Waals surface area contributed by atoms with Crippen LogP contribution in [0, 0.1) is 11.8 Å². The fraction of sp³-hybridized carbons (Fsp3) is 0.414. The van der Waals surface area contributed by atoms with E-state index in [1.807, 2.05) is 19.9 Å². The smallest absolute Gasteiger partial charge is 0.255 e. The van der Waals surface area contributed by atoms with Crippen LogP contribution in [0.3, 0.4) is 0 Å². The van der Waals surface area contributed by atoms with Crippen LogP contribution in [0.25, 0.3) is 17.1 Å². The Morgan fingerprint density at radius 2 is 1.88 bits per heavy atom. The highest BCUT2D eigenvalue weighted by Crippen LogP contribution is 2.53. The predicted octanol–water partition coefficient (Wildman–Crippen LogP) is 1.72. The van der Waals surface area contributed by atoms with Crippen molar-refractivity contribution < 1.29 is 39.2 Å². The van der Waals surface area contributed by atoms with Crippen molar-refractivity contribution in [1.29, 1.82) is 0 Å². The Morgan fingerprint density at radius 3 is 2.50 bits per heavy atom. The molecule has 2 aromatic rings. The highest BCUT2D eigenvalue weighted by Gasteiger charge is 2.64. The summed E-state index contributed by atoms with van der Waals surface area (Å²) in [6.45, 7) is 4.55. The van der Waals surface area contributed by atoms with Gasteiger partial charge in [-0.3, -0.25) is 19.3 Å². The van der Waals surface area contributed by atoms with Crippen molar-refractivity contribution in [3.8, 4) is 17.1 Å². The number of aliphatic hydroxyl groups is 3. The number of aromatic hydroxyl groups is 1. The van der Waals surface area contributed by atoms with Gasteiger partial charge in [-0.2, -0.15) is 0 Å². The molecule has 11 nitrogen and oxygen atoms in total. The topological polar surface area (TPSA) is 187 Å². The molecule has 1 fully saturated rings. The molecule has 5 rings (SSSR count). The monoisotopic (exact) mass is 551 g/mol. The summed E-state index contributed by atoms with van der Waals surface area (Å²) in [5, 5.41) is 48.1. The number of carbonyl (C=O) groups excluding carboxylic acids is 3. The zero-order chi connectivity index (χ0) is 29.3. The number of phenolic OH excluding ortho intramolecular Hbond substituents is 1. The molecule has 7 N–H and O–H groups in total. The molecule has 0 radical (unpaired) electrons. The highest BCUT2D eigenvalue weighted by atomic mass is 16.4. The lowest BCUT2D eigenvalue weighted by atomic mass is 9.57. The van der Waals surface area contributed by atoms with Crippen LogP contribution in [-0.2, 0) is 27.3 Å². The lowest BCUT2D eigenvalue weighted by molar-refractivity contribution is -0.153. The average molecular weight is 552 g/mol. The number of ketones is 2. The van der Waals surface area contributed by atoms with Gasteiger partial charge >= 0.3 is 0 Å². The molecule has 1 heterocycles. The number of hydrogen-bond donors (Lipinski definition) is 6.